The predicted octanol–water partition coefficient (Wildman–Crippen LogP) is 2.45. The first-order chi connectivity index (χ1) is 10.7. The summed E-state index contributed by atoms with van der Waals surface area (Å²) in [5.74, 6) is -0.564. The van der Waals surface area contributed by atoms with Crippen LogP contribution < -0.4 is 0 Å². The third kappa shape index (κ3) is 2.30. The zero-order valence-corrected chi connectivity index (χ0v) is 13.6. The number of benzene rings is 1. The topological polar surface area (TPSA) is 75.4 Å². The van der Waals surface area contributed by atoms with E-state index in [-0.39, 0.29) is 23.6 Å². The average Bonchev–Trinajstić information content (AvgIpc) is 2.81. The lowest BCUT2D eigenvalue weighted by molar-refractivity contribution is 0.0682. The number of hydrogen-bond donors (Lipinski definition) is 1. The molecule has 0 fully saturated rings. The number of imidazole rings is 1. The maximum Gasteiger partial charge on any atom is 0.356 e. The minimum absolute atomic E-state index is 0.00581. The molecule has 1 N–H and O–H groups in total. The van der Waals surface area contributed by atoms with Gasteiger partial charge in [-0.05, 0) is 12.1 Å². The Morgan fingerprint density at radius 2 is 1.91 bits per heavy atom. The number of aromatic carboxylic acids is 1. The van der Waals surface area contributed by atoms with Crippen molar-refractivity contribution in [3.05, 3.63) is 47.0 Å². The van der Waals surface area contributed by atoms with E-state index in [1.807, 2.05) is 37.5 Å². The monoisotopic (exact) mass is 313 g/mol. The molecule has 2 heterocycles. The molecule has 23 heavy (non-hydrogen) atoms. The Hall–Kier alpha value is -2.63. The van der Waals surface area contributed by atoms with Crippen molar-refractivity contribution in [2.45, 2.75) is 32.7 Å². The SMILES string of the molecule is CN1Cc2c(C(=O)O)nc(C(C)(C)C)n2-c2ccccc2C1=O. The molecule has 0 radical (unpaired) electrons. The van der Waals surface area contributed by atoms with Crippen molar-refractivity contribution in [3.8, 4) is 5.69 Å². The lowest BCUT2D eigenvalue weighted by atomic mass is 9.95. The highest BCUT2D eigenvalue weighted by Gasteiger charge is 2.34. The quantitative estimate of drug-likeness (QED) is 0.877. The van der Waals surface area contributed by atoms with Crippen LogP contribution in [0.25, 0.3) is 5.69 Å². The molecule has 0 spiro atoms. The van der Waals surface area contributed by atoms with Crippen molar-refractivity contribution in [2.24, 2.45) is 0 Å². The summed E-state index contributed by atoms with van der Waals surface area (Å²) in [6, 6.07) is 7.24. The van der Waals surface area contributed by atoms with Gasteiger partial charge in [0.1, 0.15) is 5.82 Å². The number of para-hydroxylation sites is 1. The summed E-state index contributed by atoms with van der Waals surface area (Å²) in [7, 11) is 1.67. The third-order valence-electron chi connectivity index (χ3n) is 3.96. The molecule has 1 aromatic carbocycles. The van der Waals surface area contributed by atoms with Gasteiger partial charge in [0.2, 0.25) is 0 Å². The number of hydrogen-bond acceptors (Lipinski definition) is 3. The summed E-state index contributed by atoms with van der Waals surface area (Å²) in [5, 5.41) is 9.53. The van der Waals surface area contributed by atoms with E-state index in [0.717, 1.165) is 0 Å². The fraction of sp³-hybridized carbons (Fsp3) is 0.353. The van der Waals surface area contributed by atoms with Crippen LogP contribution in [0, 0.1) is 0 Å². The van der Waals surface area contributed by atoms with Crippen molar-refractivity contribution in [2.75, 3.05) is 7.05 Å². The van der Waals surface area contributed by atoms with Crippen LogP contribution in [0.1, 0.15) is 53.1 Å². The van der Waals surface area contributed by atoms with Gasteiger partial charge in [-0.2, -0.15) is 0 Å². The van der Waals surface area contributed by atoms with Gasteiger partial charge in [0.15, 0.2) is 5.69 Å². The number of carbonyl (C=O) groups excluding carboxylic acids is 1. The number of carboxylic acids is 1. The number of aromatic nitrogens is 2. The highest BCUT2D eigenvalue weighted by atomic mass is 16.4. The molecule has 2 aromatic rings. The highest BCUT2D eigenvalue weighted by molar-refractivity contribution is 5.99. The molecule has 1 aliphatic rings. The summed E-state index contributed by atoms with van der Waals surface area (Å²) in [5.41, 5.74) is 1.41. The van der Waals surface area contributed by atoms with Crippen LogP contribution in [-0.4, -0.2) is 38.5 Å². The molecule has 0 atom stereocenters. The summed E-state index contributed by atoms with van der Waals surface area (Å²) < 4.78 is 1.83. The largest absolute Gasteiger partial charge is 0.476 e. The number of amides is 1. The van der Waals surface area contributed by atoms with Crippen molar-refractivity contribution < 1.29 is 14.7 Å². The minimum atomic E-state index is -1.08. The standard InChI is InChI=1S/C17H19N3O3/c1-17(2,3)16-18-13(15(22)23)12-9-19(4)14(21)10-7-5-6-8-11(10)20(12)16/h5-8H,9H2,1-4H3,(H,22,23). The zero-order valence-electron chi connectivity index (χ0n) is 13.6. The van der Waals surface area contributed by atoms with Gasteiger partial charge >= 0.3 is 5.97 Å². The molecule has 1 amide bonds. The normalized spacial score (nSPS) is 14.3. The van der Waals surface area contributed by atoms with E-state index in [1.54, 1.807) is 19.2 Å². The Morgan fingerprint density at radius 3 is 2.52 bits per heavy atom. The van der Waals surface area contributed by atoms with Gasteiger partial charge in [-0.3, -0.25) is 9.36 Å². The van der Waals surface area contributed by atoms with E-state index < -0.39 is 5.97 Å². The zero-order chi connectivity index (χ0) is 16.9. The molecule has 1 aromatic heterocycles. The molecule has 1 aliphatic heterocycles. The first-order valence-corrected chi connectivity index (χ1v) is 7.42. The van der Waals surface area contributed by atoms with Crippen molar-refractivity contribution in [3.63, 3.8) is 0 Å². The summed E-state index contributed by atoms with van der Waals surface area (Å²) in [6.45, 7) is 6.14. The van der Waals surface area contributed by atoms with Gasteiger partial charge in [-0.25, -0.2) is 9.78 Å². The molecule has 3 rings (SSSR count). The maximum absolute atomic E-state index is 12.6. The average molecular weight is 313 g/mol. The van der Waals surface area contributed by atoms with Crippen LogP contribution in [0.15, 0.2) is 24.3 Å². The lowest BCUT2D eigenvalue weighted by Crippen LogP contribution is -2.25. The summed E-state index contributed by atoms with van der Waals surface area (Å²) >= 11 is 0. The Morgan fingerprint density at radius 1 is 1.26 bits per heavy atom. The van der Waals surface area contributed by atoms with Crippen LogP contribution >= 0.6 is 0 Å². The Kier molecular flexibility index (Phi) is 3.28. The third-order valence-corrected chi connectivity index (χ3v) is 3.96. The van der Waals surface area contributed by atoms with E-state index in [0.29, 0.717) is 22.8 Å². The van der Waals surface area contributed by atoms with Crippen molar-refractivity contribution >= 4 is 11.9 Å². The summed E-state index contributed by atoms with van der Waals surface area (Å²) in [4.78, 5) is 30.2. The molecule has 0 saturated carbocycles. The van der Waals surface area contributed by atoms with Gasteiger partial charge in [-0.1, -0.05) is 32.9 Å². The highest BCUT2D eigenvalue weighted by Crippen LogP contribution is 2.32. The second-order valence-electron chi connectivity index (χ2n) is 6.80. The summed E-state index contributed by atoms with van der Waals surface area (Å²) in [6.07, 6.45) is 0. The second-order valence-corrected chi connectivity index (χ2v) is 6.80. The second kappa shape index (κ2) is 4.94. The molecule has 6 nitrogen and oxygen atoms in total. The molecular weight excluding hydrogens is 294 g/mol. The molecule has 0 aliphatic carbocycles. The van der Waals surface area contributed by atoms with E-state index >= 15 is 0 Å². The predicted molar refractivity (Wildman–Crippen MR) is 85.0 cm³/mol. The molecule has 0 bridgehead atoms. The number of nitrogens with zero attached hydrogens (tertiary/aromatic N) is 3. The van der Waals surface area contributed by atoms with Crippen molar-refractivity contribution in [1.29, 1.82) is 0 Å². The van der Waals surface area contributed by atoms with E-state index in [4.69, 9.17) is 0 Å². The molecule has 6 heteroatoms. The molecule has 0 unspecified atom stereocenters. The number of fused-ring (bicyclic) bond motifs is 3. The molecule has 120 valence electrons. The van der Waals surface area contributed by atoms with Gasteiger partial charge < -0.3 is 10.0 Å². The number of carboxylic acid groups (broad SMARTS) is 1. The molecular formula is C17H19N3O3. The van der Waals surface area contributed by atoms with Crippen LogP contribution in [0.4, 0.5) is 0 Å². The van der Waals surface area contributed by atoms with E-state index in [1.165, 1.54) is 4.90 Å². The van der Waals surface area contributed by atoms with E-state index in [9.17, 15) is 14.7 Å². The molecule has 0 saturated heterocycles. The first-order valence-electron chi connectivity index (χ1n) is 7.42. The fourth-order valence-electron chi connectivity index (χ4n) is 2.89. The maximum atomic E-state index is 12.6. The number of rotatable bonds is 1. The minimum Gasteiger partial charge on any atom is -0.476 e. The van der Waals surface area contributed by atoms with Crippen LogP contribution in [0.2, 0.25) is 0 Å². The Labute approximate surface area is 134 Å². The van der Waals surface area contributed by atoms with Crippen molar-refractivity contribution in [1.82, 2.24) is 14.5 Å². The first kappa shape index (κ1) is 15.3. The Bertz CT molecular complexity index is 815. The van der Waals surface area contributed by atoms with Gasteiger partial charge in [-0.15, -0.1) is 0 Å². The fourth-order valence-corrected chi connectivity index (χ4v) is 2.89. The van der Waals surface area contributed by atoms with Gasteiger partial charge in [0, 0.05) is 12.5 Å². The lowest BCUT2D eigenvalue weighted by Gasteiger charge is -2.21. The van der Waals surface area contributed by atoms with E-state index in [2.05, 4.69) is 4.98 Å². The van der Waals surface area contributed by atoms with Gasteiger partial charge in [0.25, 0.3) is 5.91 Å². The number of carbonyl (C=O) groups is 2. The smallest absolute Gasteiger partial charge is 0.356 e. The van der Waals surface area contributed by atoms with Gasteiger partial charge in [0.05, 0.1) is 23.5 Å². The van der Waals surface area contributed by atoms with Crippen LogP contribution in [0.3, 0.4) is 0 Å². The van der Waals surface area contributed by atoms with Crippen LogP contribution in [-0.2, 0) is 12.0 Å². The van der Waals surface area contributed by atoms with Crippen LogP contribution in [0.5, 0.6) is 0 Å². The Balaban J connectivity index is 2.43.